The van der Waals surface area contributed by atoms with Gasteiger partial charge in [0.15, 0.2) is 17.6 Å². The second-order valence-corrected chi connectivity index (χ2v) is 4.83. The van der Waals surface area contributed by atoms with Crippen molar-refractivity contribution in [2.45, 2.75) is 33.3 Å². The molecule has 0 radical (unpaired) electrons. The molecular weight excluding hydrogens is 284 g/mol. The summed E-state index contributed by atoms with van der Waals surface area (Å²) >= 11 is 0. The third kappa shape index (κ3) is 3.39. The minimum Gasteiger partial charge on any atom is -0.493 e. The highest BCUT2D eigenvalue weighted by Crippen LogP contribution is 2.27. The van der Waals surface area contributed by atoms with Crippen LogP contribution in [0, 0.1) is 6.92 Å². The number of aryl methyl sites for hydroxylation is 1. The van der Waals surface area contributed by atoms with E-state index in [4.69, 9.17) is 14.0 Å². The summed E-state index contributed by atoms with van der Waals surface area (Å²) in [5, 5.41) is 6.57. The fourth-order valence-electron chi connectivity index (χ4n) is 2.08. The standard InChI is InChI=1S/C16H20N2O4/c1-5-12-10(2)18-22-16(12)17-15(19)11(3)21-14-9-7-6-8-13(14)20-4/h6-9,11H,5H2,1-4H3,(H,17,19). The summed E-state index contributed by atoms with van der Waals surface area (Å²) in [6.45, 7) is 5.48. The number of hydrogen-bond acceptors (Lipinski definition) is 5. The Balaban J connectivity index is 2.06. The predicted octanol–water partition coefficient (Wildman–Crippen LogP) is 2.96. The first kappa shape index (κ1) is 15.9. The number of carbonyl (C=O) groups excluding carboxylic acids is 1. The minimum atomic E-state index is -0.702. The van der Waals surface area contributed by atoms with Crippen LogP contribution in [0.25, 0.3) is 0 Å². The Kier molecular flexibility index (Phi) is 5.04. The number of anilines is 1. The van der Waals surface area contributed by atoms with Gasteiger partial charge in [0.1, 0.15) is 0 Å². The maximum atomic E-state index is 12.2. The topological polar surface area (TPSA) is 73.6 Å². The lowest BCUT2D eigenvalue weighted by Crippen LogP contribution is -2.30. The minimum absolute atomic E-state index is 0.309. The summed E-state index contributed by atoms with van der Waals surface area (Å²) in [6, 6.07) is 7.17. The predicted molar refractivity (Wildman–Crippen MR) is 82.3 cm³/mol. The summed E-state index contributed by atoms with van der Waals surface area (Å²) in [4.78, 5) is 12.2. The zero-order valence-electron chi connectivity index (χ0n) is 13.2. The van der Waals surface area contributed by atoms with Crippen LogP contribution >= 0.6 is 0 Å². The highest BCUT2D eigenvalue weighted by molar-refractivity contribution is 5.93. The molecule has 2 aromatic rings. The number of carbonyl (C=O) groups is 1. The van der Waals surface area contributed by atoms with Crippen LogP contribution in [0.1, 0.15) is 25.1 Å². The van der Waals surface area contributed by atoms with Gasteiger partial charge in [-0.25, -0.2) is 0 Å². The van der Waals surface area contributed by atoms with Gasteiger partial charge in [-0.2, -0.15) is 0 Å². The molecule has 118 valence electrons. The third-order valence-electron chi connectivity index (χ3n) is 3.32. The van der Waals surface area contributed by atoms with Crippen molar-refractivity contribution < 1.29 is 18.8 Å². The molecule has 0 bridgehead atoms. The van der Waals surface area contributed by atoms with Gasteiger partial charge < -0.3 is 14.0 Å². The van der Waals surface area contributed by atoms with Gasteiger partial charge in [-0.1, -0.05) is 24.2 Å². The first-order valence-corrected chi connectivity index (χ1v) is 7.12. The van der Waals surface area contributed by atoms with E-state index in [2.05, 4.69) is 10.5 Å². The molecule has 0 aliphatic heterocycles. The number of hydrogen-bond donors (Lipinski definition) is 1. The van der Waals surface area contributed by atoms with Crippen molar-refractivity contribution in [2.24, 2.45) is 0 Å². The molecule has 1 aromatic carbocycles. The fourth-order valence-corrected chi connectivity index (χ4v) is 2.08. The Morgan fingerprint density at radius 3 is 2.68 bits per heavy atom. The van der Waals surface area contributed by atoms with Crippen molar-refractivity contribution in [3.63, 3.8) is 0 Å². The first-order chi connectivity index (χ1) is 10.6. The highest BCUT2D eigenvalue weighted by atomic mass is 16.5. The number of methoxy groups -OCH3 is 1. The second kappa shape index (κ2) is 6.98. The molecule has 1 heterocycles. The quantitative estimate of drug-likeness (QED) is 0.888. The van der Waals surface area contributed by atoms with Gasteiger partial charge in [0.25, 0.3) is 5.91 Å². The van der Waals surface area contributed by atoms with Crippen LogP contribution in [0.2, 0.25) is 0 Å². The van der Waals surface area contributed by atoms with Crippen LogP contribution in [0.5, 0.6) is 11.5 Å². The van der Waals surface area contributed by atoms with Gasteiger partial charge in [0, 0.05) is 5.56 Å². The number of nitrogens with one attached hydrogen (secondary N) is 1. The summed E-state index contributed by atoms with van der Waals surface area (Å²) in [5.74, 6) is 1.15. The van der Waals surface area contributed by atoms with E-state index in [-0.39, 0.29) is 5.91 Å². The molecule has 6 heteroatoms. The molecule has 1 unspecified atom stereocenters. The molecule has 1 aromatic heterocycles. The van der Waals surface area contributed by atoms with Crippen LogP contribution < -0.4 is 14.8 Å². The average Bonchev–Trinajstić information content (AvgIpc) is 2.87. The molecule has 0 aliphatic carbocycles. The van der Waals surface area contributed by atoms with Gasteiger partial charge in [0.2, 0.25) is 5.88 Å². The third-order valence-corrected chi connectivity index (χ3v) is 3.32. The summed E-state index contributed by atoms with van der Waals surface area (Å²) < 4.78 is 16.0. The van der Waals surface area contributed by atoms with Gasteiger partial charge in [-0.05, 0) is 32.4 Å². The Labute approximate surface area is 129 Å². The summed E-state index contributed by atoms with van der Waals surface area (Å²) in [6.07, 6.45) is 0.0265. The number of para-hydroxylation sites is 2. The molecule has 0 saturated heterocycles. The van der Waals surface area contributed by atoms with E-state index in [9.17, 15) is 4.79 Å². The summed E-state index contributed by atoms with van der Waals surface area (Å²) in [5.41, 5.74) is 1.66. The monoisotopic (exact) mass is 304 g/mol. The van der Waals surface area contributed by atoms with Crippen molar-refractivity contribution in [2.75, 3.05) is 12.4 Å². The maximum absolute atomic E-state index is 12.2. The summed E-state index contributed by atoms with van der Waals surface area (Å²) in [7, 11) is 1.55. The SMILES string of the molecule is CCc1c(C)noc1NC(=O)C(C)Oc1ccccc1OC. The lowest BCUT2D eigenvalue weighted by atomic mass is 10.2. The lowest BCUT2D eigenvalue weighted by Gasteiger charge is -2.16. The molecule has 1 amide bonds. The Hall–Kier alpha value is -2.50. The maximum Gasteiger partial charge on any atom is 0.267 e. The van der Waals surface area contributed by atoms with Gasteiger partial charge in [0.05, 0.1) is 12.8 Å². The highest BCUT2D eigenvalue weighted by Gasteiger charge is 2.20. The first-order valence-electron chi connectivity index (χ1n) is 7.12. The van der Waals surface area contributed by atoms with E-state index >= 15 is 0 Å². The van der Waals surface area contributed by atoms with E-state index in [1.54, 1.807) is 26.2 Å². The van der Waals surface area contributed by atoms with Gasteiger partial charge in [-0.15, -0.1) is 0 Å². The zero-order chi connectivity index (χ0) is 16.1. The Morgan fingerprint density at radius 1 is 1.36 bits per heavy atom. The zero-order valence-corrected chi connectivity index (χ0v) is 13.2. The van der Waals surface area contributed by atoms with Crippen molar-refractivity contribution in [1.82, 2.24) is 5.16 Å². The largest absolute Gasteiger partial charge is 0.493 e. The van der Waals surface area contributed by atoms with Crippen LogP contribution in [-0.4, -0.2) is 24.3 Å². The molecule has 6 nitrogen and oxygen atoms in total. The molecule has 0 spiro atoms. The number of ether oxygens (including phenoxy) is 2. The van der Waals surface area contributed by atoms with Crippen molar-refractivity contribution in [3.05, 3.63) is 35.5 Å². The normalized spacial score (nSPS) is 11.8. The van der Waals surface area contributed by atoms with Gasteiger partial charge in [-0.3, -0.25) is 10.1 Å². The van der Waals surface area contributed by atoms with Crippen molar-refractivity contribution >= 4 is 11.8 Å². The van der Waals surface area contributed by atoms with E-state index in [1.165, 1.54) is 0 Å². The van der Waals surface area contributed by atoms with Crippen LogP contribution in [0.15, 0.2) is 28.8 Å². The average molecular weight is 304 g/mol. The molecule has 0 aliphatic rings. The Bertz CT molecular complexity index is 651. The van der Waals surface area contributed by atoms with Crippen molar-refractivity contribution in [3.8, 4) is 11.5 Å². The van der Waals surface area contributed by atoms with E-state index in [0.717, 1.165) is 17.7 Å². The van der Waals surface area contributed by atoms with Crippen LogP contribution in [0.4, 0.5) is 5.88 Å². The molecular formula is C16H20N2O4. The smallest absolute Gasteiger partial charge is 0.267 e. The van der Waals surface area contributed by atoms with E-state index in [1.807, 2.05) is 26.0 Å². The number of rotatable bonds is 6. The Morgan fingerprint density at radius 2 is 2.05 bits per heavy atom. The molecule has 22 heavy (non-hydrogen) atoms. The molecule has 2 rings (SSSR count). The van der Waals surface area contributed by atoms with Gasteiger partial charge >= 0.3 is 0 Å². The molecule has 0 saturated carbocycles. The molecule has 1 N–H and O–H groups in total. The molecule has 0 fully saturated rings. The van der Waals surface area contributed by atoms with Crippen LogP contribution in [0.3, 0.4) is 0 Å². The second-order valence-electron chi connectivity index (χ2n) is 4.83. The van der Waals surface area contributed by atoms with E-state index < -0.39 is 6.10 Å². The van der Waals surface area contributed by atoms with E-state index in [0.29, 0.717) is 17.4 Å². The number of benzene rings is 1. The van der Waals surface area contributed by atoms with Crippen LogP contribution in [-0.2, 0) is 11.2 Å². The number of nitrogens with zero attached hydrogens (tertiary/aromatic N) is 1. The fraction of sp³-hybridized carbons (Fsp3) is 0.375. The van der Waals surface area contributed by atoms with Crippen molar-refractivity contribution in [1.29, 1.82) is 0 Å². The molecule has 1 atom stereocenters. The number of amides is 1. The lowest BCUT2D eigenvalue weighted by molar-refractivity contribution is -0.122. The number of aromatic nitrogens is 1.